The summed E-state index contributed by atoms with van der Waals surface area (Å²) in [6.45, 7) is 15.5. The standard InChI is InChI=1S/C10H8N2/c1-8-5-4-6-9(7-8)10(11-2)12-3/h4-7,10H,1H3. The summed E-state index contributed by atoms with van der Waals surface area (Å²) in [5.74, 6) is 0. The van der Waals surface area contributed by atoms with Crippen molar-refractivity contribution in [3.63, 3.8) is 0 Å². The predicted octanol–water partition coefficient (Wildman–Crippen LogP) is 2.83. The second-order valence-electron chi connectivity index (χ2n) is 2.55. The highest BCUT2D eigenvalue weighted by molar-refractivity contribution is 5.28. The molecule has 0 aliphatic heterocycles. The van der Waals surface area contributed by atoms with Crippen LogP contribution in [0.4, 0.5) is 0 Å². The average molecular weight is 156 g/mol. The van der Waals surface area contributed by atoms with Crippen LogP contribution in [0.25, 0.3) is 9.69 Å². The summed E-state index contributed by atoms with van der Waals surface area (Å²) >= 11 is 0. The lowest BCUT2D eigenvalue weighted by molar-refractivity contribution is 1.06. The third kappa shape index (κ3) is 1.62. The summed E-state index contributed by atoms with van der Waals surface area (Å²) in [4.78, 5) is 6.43. The molecule has 0 saturated heterocycles. The lowest BCUT2D eigenvalue weighted by atomic mass is 10.1. The van der Waals surface area contributed by atoms with Gasteiger partial charge >= 0.3 is 6.17 Å². The van der Waals surface area contributed by atoms with E-state index in [0.29, 0.717) is 0 Å². The molecule has 0 N–H and O–H groups in total. The van der Waals surface area contributed by atoms with E-state index in [4.69, 9.17) is 13.1 Å². The molecular formula is C10H8N2. The van der Waals surface area contributed by atoms with Crippen LogP contribution in [-0.2, 0) is 0 Å². The predicted molar refractivity (Wildman–Crippen MR) is 47.1 cm³/mol. The van der Waals surface area contributed by atoms with Gasteiger partial charge in [-0.2, -0.15) is 0 Å². The lowest BCUT2D eigenvalue weighted by Gasteiger charge is -1.94. The minimum Gasteiger partial charge on any atom is -0.228 e. The maximum absolute atomic E-state index is 6.78. The van der Waals surface area contributed by atoms with E-state index in [-0.39, 0.29) is 0 Å². The van der Waals surface area contributed by atoms with Gasteiger partial charge in [-0.3, -0.25) is 0 Å². The molecule has 0 aromatic heterocycles. The zero-order valence-corrected chi connectivity index (χ0v) is 6.78. The summed E-state index contributed by atoms with van der Waals surface area (Å²) in [5.41, 5.74) is 1.88. The Hall–Kier alpha value is -1.80. The van der Waals surface area contributed by atoms with Crippen molar-refractivity contribution >= 4 is 0 Å². The Labute approximate surface area is 72.1 Å². The second-order valence-corrected chi connectivity index (χ2v) is 2.55. The molecule has 2 nitrogen and oxygen atoms in total. The molecular weight excluding hydrogens is 148 g/mol. The topological polar surface area (TPSA) is 8.72 Å². The summed E-state index contributed by atoms with van der Waals surface area (Å²) in [6.07, 6.45) is -0.662. The third-order valence-electron chi connectivity index (χ3n) is 1.58. The van der Waals surface area contributed by atoms with Gasteiger partial charge in [0, 0.05) is 0 Å². The van der Waals surface area contributed by atoms with Gasteiger partial charge in [-0.25, -0.2) is 22.8 Å². The Morgan fingerprint density at radius 2 is 1.92 bits per heavy atom. The normalized spacial score (nSPS) is 9.00. The molecule has 0 heterocycles. The molecule has 0 spiro atoms. The zero-order valence-electron chi connectivity index (χ0n) is 6.78. The Morgan fingerprint density at radius 3 is 2.42 bits per heavy atom. The van der Waals surface area contributed by atoms with E-state index in [1.54, 1.807) is 0 Å². The Morgan fingerprint density at radius 1 is 1.25 bits per heavy atom. The number of aryl methyl sites for hydroxylation is 1. The molecule has 0 amide bonds. The highest BCUT2D eigenvalue weighted by atomic mass is 14.9. The summed E-state index contributed by atoms with van der Waals surface area (Å²) < 4.78 is 0. The minimum atomic E-state index is -0.662. The molecule has 0 bridgehead atoms. The van der Waals surface area contributed by atoms with Crippen LogP contribution in [0.3, 0.4) is 0 Å². The van der Waals surface area contributed by atoms with Crippen LogP contribution in [0.5, 0.6) is 0 Å². The van der Waals surface area contributed by atoms with Gasteiger partial charge in [-0.05, 0) is 19.1 Å². The number of rotatable bonds is 1. The van der Waals surface area contributed by atoms with E-state index in [9.17, 15) is 0 Å². The molecule has 0 aliphatic rings. The van der Waals surface area contributed by atoms with Gasteiger partial charge in [0.15, 0.2) is 0 Å². The molecule has 0 aliphatic carbocycles. The van der Waals surface area contributed by atoms with Gasteiger partial charge in [0.05, 0.1) is 0 Å². The molecule has 1 rings (SSSR count). The van der Waals surface area contributed by atoms with Crippen molar-refractivity contribution in [1.29, 1.82) is 0 Å². The third-order valence-corrected chi connectivity index (χ3v) is 1.58. The monoisotopic (exact) mass is 156 g/mol. The van der Waals surface area contributed by atoms with E-state index < -0.39 is 6.17 Å². The summed E-state index contributed by atoms with van der Waals surface area (Å²) in [7, 11) is 0. The summed E-state index contributed by atoms with van der Waals surface area (Å²) in [5, 5.41) is 0. The lowest BCUT2D eigenvalue weighted by Crippen LogP contribution is -1.86. The minimum absolute atomic E-state index is 0.662. The van der Waals surface area contributed by atoms with Crippen LogP contribution in [0, 0.1) is 20.1 Å². The Bertz CT molecular complexity index is 341. The smallest absolute Gasteiger partial charge is 0.228 e. The van der Waals surface area contributed by atoms with Crippen molar-refractivity contribution in [2.75, 3.05) is 0 Å². The van der Waals surface area contributed by atoms with Crippen molar-refractivity contribution < 1.29 is 0 Å². The number of hydrogen-bond donors (Lipinski definition) is 0. The molecule has 0 fully saturated rings. The first-order valence-corrected chi connectivity index (χ1v) is 3.57. The maximum Gasteiger partial charge on any atom is 0.502 e. The highest BCUT2D eigenvalue weighted by Crippen LogP contribution is 2.19. The number of nitrogens with zero attached hydrogens (tertiary/aromatic N) is 2. The molecule has 58 valence electrons. The van der Waals surface area contributed by atoms with Crippen molar-refractivity contribution in [3.8, 4) is 0 Å². The maximum atomic E-state index is 6.78. The fourth-order valence-electron chi connectivity index (χ4n) is 1.01. The van der Waals surface area contributed by atoms with Crippen LogP contribution >= 0.6 is 0 Å². The molecule has 2 heteroatoms. The van der Waals surface area contributed by atoms with Crippen LogP contribution in [0.1, 0.15) is 17.3 Å². The molecule has 0 atom stereocenters. The van der Waals surface area contributed by atoms with Crippen LogP contribution in [0.2, 0.25) is 0 Å². The van der Waals surface area contributed by atoms with Crippen LogP contribution in [-0.4, -0.2) is 0 Å². The largest absolute Gasteiger partial charge is 0.502 e. The van der Waals surface area contributed by atoms with Gasteiger partial charge in [-0.15, -0.1) is 0 Å². The highest BCUT2D eigenvalue weighted by Gasteiger charge is 2.18. The van der Waals surface area contributed by atoms with Crippen LogP contribution in [0.15, 0.2) is 24.3 Å². The molecule has 0 radical (unpaired) electrons. The molecule has 0 unspecified atom stereocenters. The fraction of sp³-hybridized carbons (Fsp3) is 0.200. The van der Waals surface area contributed by atoms with Gasteiger partial charge in [0.2, 0.25) is 0 Å². The van der Waals surface area contributed by atoms with E-state index in [0.717, 1.165) is 11.1 Å². The Kier molecular flexibility index (Phi) is 2.46. The molecule has 0 saturated carbocycles. The molecule has 1 aromatic carbocycles. The second kappa shape index (κ2) is 3.55. The van der Waals surface area contributed by atoms with E-state index in [2.05, 4.69) is 9.69 Å². The van der Waals surface area contributed by atoms with Gasteiger partial charge in [0.1, 0.15) is 5.56 Å². The molecule has 12 heavy (non-hydrogen) atoms. The van der Waals surface area contributed by atoms with E-state index >= 15 is 0 Å². The Balaban J connectivity index is 3.06. The SMILES string of the molecule is [C-]#[N+]C([N+]#[C-])c1cccc(C)c1. The van der Waals surface area contributed by atoms with Gasteiger partial charge in [-0.1, -0.05) is 17.7 Å². The van der Waals surface area contributed by atoms with Gasteiger partial charge < -0.3 is 0 Å². The molecule has 1 aromatic rings. The average Bonchev–Trinajstić information content (AvgIpc) is 2.07. The van der Waals surface area contributed by atoms with Crippen molar-refractivity contribution in [2.45, 2.75) is 13.1 Å². The first kappa shape index (κ1) is 8.30. The first-order valence-electron chi connectivity index (χ1n) is 3.57. The zero-order chi connectivity index (χ0) is 8.97. The quantitative estimate of drug-likeness (QED) is 0.553. The number of benzene rings is 1. The number of hydrogen-bond acceptors (Lipinski definition) is 0. The van der Waals surface area contributed by atoms with Crippen molar-refractivity contribution in [2.24, 2.45) is 0 Å². The van der Waals surface area contributed by atoms with E-state index in [1.807, 2.05) is 31.2 Å². The first-order chi connectivity index (χ1) is 5.77. The van der Waals surface area contributed by atoms with Crippen molar-refractivity contribution in [1.82, 2.24) is 0 Å². The van der Waals surface area contributed by atoms with Gasteiger partial charge in [0.25, 0.3) is 0 Å². The summed E-state index contributed by atoms with van der Waals surface area (Å²) in [6, 6.07) is 7.51. The van der Waals surface area contributed by atoms with E-state index in [1.165, 1.54) is 0 Å². The van der Waals surface area contributed by atoms with Crippen LogP contribution < -0.4 is 0 Å². The fourth-order valence-corrected chi connectivity index (χ4v) is 1.01. The van der Waals surface area contributed by atoms with Crippen molar-refractivity contribution in [3.05, 3.63) is 58.2 Å².